The molecule has 1 aromatic heterocycles. The van der Waals surface area contributed by atoms with Crippen LogP contribution in [0.25, 0.3) is 0 Å². The van der Waals surface area contributed by atoms with Crippen molar-refractivity contribution < 1.29 is 9.59 Å². The Bertz CT molecular complexity index is 771. The summed E-state index contributed by atoms with van der Waals surface area (Å²) in [4.78, 5) is 23.8. The lowest BCUT2D eigenvalue weighted by Crippen LogP contribution is -2.11. The highest BCUT2D eigenvalue weighted by Crippen LogP contribution is 2.22. The van der Waals surface area contributed by atoms with Gasteiger partial charge in [0.15, 0.2) is 5.16 Å². The number of hydrogen-bond acceptors (Lipinski definition) is 5. The fourth-order valence-corrected chi connectivity index (χ4v) is 3.43. The lowest BCUT2D eigenvalue weighted by Gasteiger charge is -2.09. The van der Waals surface area contributed by atoms with Crippen molar-refractivity contribution in [2.75, 3.05) is 11.1 Å². The van der Waals surface area contributed by atoms with E-state index >= 15 is 0 Å². The summed E-state index contributed by atoms with van der Waals surface area (Å²) >= 11 is 1.43. The summed E-state index contributed by atoms with van der Waals surface area (Å²) in [5.41, 5.74) is 1.62. The molecule has 0 radical (unpaired) electrons. The van der Waals surface area contributed by atoms with Crippen molar-refractivity contribution in [1.29, 1.82) is 0 Å². The first-order valence-corrected chi connectivity index (χ1v) is 9.89. The maximum Gasteiger partial charge on any atom is 0.224 e. The number of hydrogen-bond donors (Lipinski definition) is 1. The zero-order valence-electron chi connectivity index (χ0n) is 15.8. The van der Waals surface area contributed by atoms with Crippen LogP contribution in [0.15, 0.2) is 29.4 Å². The number of thioether (sulfide) groups is 1. The first-order valence-electron chi connectivity index (χ1n) is 8.90. The Hall–Kier alpha value is -2.15. The second-order valence-electron chi connectivity index (χ2n) is 6.35. The molecule has 140 valence electrons. The molecule has 1 heterocycles. The SMILES string of the molecule is CCC(=O)Nc1cccc(CC(=O)CSc2nnc(C(C)C)n2CC)c1. The summed E-state index contributed by atoms with van der Waals surface area (Å²) in [6, 6.07) is 7.42. The average molecular weight is 375 g/mol. The molecule has 0 aliphatic carbocycles. The maximum absolute atomic E-state index is 12.4. The third kappa shape index (κ3) is 5.42. The minimum absolute atomic E-state index is 0.0381. The van der Waals surface area contributed by atoms with Gasteiger partial charge < -0.3 is 9.88 Å². The monoisotopic (exact) mass is 374 g/mol. The lowest BCUT2D eigenvalue weighted by molar-refractivity contribution is -0.116. The van der Waals surface area contributed by atoms with Gasteiger partial charge >= 0.3 is 0 Å². The minimum atomic E-state index is -0.0381. The molecule has 0 aliphatic rings. The van der Waals surface area contributed by atoms with Gasteiger partial charge in [-0.25, -0.2) is 0 Å². The van der Waals surface area contributed by atoms with E-state index in [2.05, 4.69) is 40.9 Å². The molecule has 0 aliphatic heterocycles. The van der Waals surface area contributed by atoms with Gasteiger partial charge in [0.25, 0.3) is 0 Å². The Labute approximate surface area is 158 Å². The van der Waals surface area contributed by atoms with Crippen molar-refractivity contribution in [2.24, 2.45) is 0 Å². The normalized spacial score (nSPS) is 11.0. The topological polar surface area (TPSA) is 76.9 Å². The molecule has 6 nitrogen and oxygen atoms in total. The number of amides is 1. The smallest absolute Gasteiger partial charge is 0.224 e. The summed E-state index contributed by atoms with van der Waals surface area (Å²) < 4.78 is 2.06. The number of nitrogens with one attached hydrogen (secondary N) is 1. The zero-order chi connectivity index (χ0) is 19.1. The highest BCUT2D eigenvalue weighted by atomic mass is 32.2. The van der Waals surface area contributed by atoms with Crippen LogP contribution in [0.4, 0.5) is 5.69 Å². The van der Waals surface area contributed by atoms with Crippen molar-refractivity contribution >= 4 is 29.1 Å². The van der Waals surface area contributed by atoms with Gasteiger partial charge in [0, 0.05) is 31.0 Å². The Morgan fingerprint density at radius 1 is 1.23 bits per heavy atom. The van der Waals surface area contributed by atoms with E-state index in [-0.39, 0.29) is 11.7 Å². The molecule has 26 heavy (non-hydrogen) atoms. The van der Waals surface area contributed by atoms with Gasteiger partial charge in [0.05, 0.1) is 5.75 Å². The minimum Gasteiger partial charge on any atom is -0.326 e. The Balaban J connectivity index is 1.95. The van der Waals surface area contributed by atoms with Gasteiger partial charge in [-0.1, -0.05) is 44.7 Å². The van der Waals surface area contributed by atoms with Crippen molar-refractivity contribution in [3.63, 3.8) is 0 Å². The van der Waals surface area contributed by atoms with Crippen LogP contribution >= 0.6 is 11.8 Å². The van der Waals surface area contributed by atoms with Crippen LogP contribution in [0.1, 0.15) is 51.4 Å². The standard InChI is InChI=1S/C19H26N4O2S/c1-5-17(25)20-15-9-7-8-14(10-15)11-16(24)12-26-19-22-21-18(13(3)4)23(19)6-2/h7-10,13H,5-6,11-12H2,1-4H3,(H,20,25). The summed E-state index contributed by atoms with van der Waals surface area (Å²) in [5, 5.41) is 12.1. The first kappa shape index (κ1) is 20.2. The van der Waals surface area contributed by atoms with E-state index in [1.165, 1.54) is 11.8 Å². The summed E-state index contributed by atoms with van der Waals surface area (Å²) in [5.74, 6) is 1.67. The number of nitrogens with zero attached hydrogens (tertiary/aromatic N) is 3. The quantitative estimate of drug-likeness (QED) is 0.678. The molecular weight excluding hydrogens is 348 g/mol. The van der Waals surface area contributed by atoms with Crippen molar-refractivity contribution in [3.8, 4) is 0 Å². The van der Waals surface area contributed by atoms with Crippen LogP contribution in [-0.4, -0.2) is 32.2 Å². The summed E-state index contributed by atoms with van der Waals surface area (Å²) in [6.07, 6.45) is 0.760. The van der Waals surface area contributed by atoms with Gasteiger partial charge in [0.1, 0.15) is 11.6 Å². The number of rotatable bonds is 9. The zero-order valence-corrected chi connectivity index (χ0v) is 16.6. The van der Waals surface area contributed by atoms with Crippen LogP contribution in [0, 0.1) is 0 Å². The van der Waals surface area contributed by atoms with Crippen molar-refractivity contribution in [2.45, 2.75) is 58.2 Å². The molecule has 0 fully saturated rings. The predicted molar refractivity (Wildman–Crippen MR) is 105 cm³/mol. The van der Waals surface area contributed by atoms with E-state index < -0.39 is 0 Å². The second kappa shape index (κ2) is 9.52. The molecule has 0 saturated carbocycles. The fourth-order valence-electron chi connectivity index (χ4n) is 2.56. The molecule has 7 heteroatoms. The molecule has 1 N–H and O–H groups in total. The number of aromatic nitrogens is 3. The number of ketones is 1. The molecule has 2 aromatic rings. The van der Waals surface area contributed by atoms with Crippen LogP contribution in [0.3, 0.4) is 0 Å². The Morgan fingerprint density at radius 2 is 2.00 bits per heavy atom. The third-order valence-electron chi connectivity index (χ3n) is 3.87. The number of benzene rings is 1. The fraction of sp³-hybridized carbons (Fsp3) is 0.474. The van der Waals surface area contributed by atoms with Gasteiger partial charge in [-0.15, -0.1) is 10.2 Å². The highest BCUT2D eigenvalue weighted by molar-refractivity contribution is 7.99. The van der Waals surface area contributed by atoms with Crippen molar-refractivity contribution in [3.05, 3.63) is 35.7 Å². The molecule has 0 unspecified atom stereocenters. The molecule has 0 spiro atoms. The largest absolute Gasteiger partial charge is 0.326 e. The summed E-state index contributed by atoms with van der Waals surface area (Å²) in [6.45, 7) is 8.81. The third-order valence-corrected chi connectivity index (χ3v) is 4.90. The van der Waals surface area contributed by atoms with E-state index in [1.54, 1.807) is 6.92 Å². The van der Waals surface area contributed by atoms with Crippen LogP contribution in [0.5, 0.6) is 0 Å². The van der Waals surface area contributed by atoms with E-state index in [0.717, 1.165) is 28.8 Å². The Kier molecular flexibility index (Phi) is 7.38. The average Bonchev–Trinajstić information content (AvgIpc) is 3.03. The van der Waals surface area contributed by atoms with E-state index in [1.807, 2.05) is 24.3 Å². The molecule has 0 atom stereocenters. The van der Waals surface area contributed by atoms with Crippen LogP contribution in [-0.2, 0) is 22.6 Å². The maximum atomic E-state index is 12.4. The summed E-state index contributed by atoms with van der Waals surface area (Å²) in [7, 11) is 0. The van der Waals surface area contributed by atoms with E-state index in [9.17, 15) is 9.59 Å². The van der Waals surface area contributed by atoms with Gasteiger partial charge in [-0.3, -0.25) is 9.59 Å². The van der Waals surface area contributed by atoms with Gasteiger partial charge in [-0.2, -0.15) is 0 Å². The van der Waals surface area contributed by atoms with E-state index in [4.69, 9.17) is 0 Å². The van der Waals surface area contributed by atoms with E-state index in [0.29, 0.717) is 24.5 Å². The molecule has 0 saturated heterocycles. The van der Waals surface area contributed by atoms with Crippen LogP contribution in [0.2, 0.25) is 0 Å². The molecule has 1 amide bonds. The number of Topliss-reactive ketones (excluding diaryl/α,β-unsaturated/α-hetero) is 1. The van der Waals surface area contributed by atoms with Gasteiger partial charge in [-0.05, 0) is 24.6 Å². The predicted octanol–water partition coefficient (Wildman–Crippen LogP) is 3.67. The molecule has 0 bridgehead atoms. The first-order chi connectivity index (χ1) is 12.4. The Morgan fingerprint density at radius 3 is 2.65 bits per heavy atom. The number of carbonyl (C=O) groups excluding carboxylic acids is 2. The molecule has 1 aromatic carbocycles. The molecular formula is C19H26N4O2S. The highest BCUT2D eigenvalue weighted by Gasteiger charge is 2.15. The number of carbonyl (C=O) groups is 2. The lowest BCUT2D eigenvalue weighted by atomic mass is 10.1. The molecule has 2 rings (SSSR count). The van der Waals surface area contributed by atoms with Crippen molar-refractivity contribution in [1.82, 2.24) is 14.8 Å². The second-order valence-corrected chi connectivity index (χ2v) is 7.29. The van der Waals surface area contributed by atoms with Crippen LogP contribution < -0.4 is 5.32 Å². The number of anilines is 1. The van der Waals surface area contributed by atoms with Gasteiger partial charge in [0.2, 0.25) is 5.91 Å².